The molecule has 12 heteroatoms. The summed E-state index contributed by atoms with van der Waals surface area (Å²) in [6.45, 7) is 32.2. The second-order valence-corrected chi connectivity index (χ2v) is 29.3. The van der Waals surface area contributed by atoms with E-state index in [1.165, 1.54) is 87.6 Å². The van der Waals surface area contributed by atoms with Gasteiger partial charge in [0.15, 0.2) is 11.5 Å². The van der Waals surface area contributed by atoms with Crippen molar-refractivity contribution in [3.63, 3.8) is 0 Å². The van der Waals surface area contributed by atoms with Gasteiger partial charge in [-0.15, -0.1) is 0 Å². The predicted molar refractivity (Wildman–Crippen MR) is 387 cm³/mol. The van der Waals surface area contributed by atoms with Gasteiger partial charge < -0.3 is 24.4 Å². The van der Waals surface area contributed by atoms with Gasteiger partial charge in [0.1, 0.15) is 0 Å². The van der Waals surface area contributed by atoms with E-state index in [0.29, 0.717) is 25.0 Å². The summed E-state index contributed by atoms with van der Waals surface area (Å²) in [7, 11) is 0. The molecule has 0 aliphatic heterocycles. The molecule has 0 aliphatic carbocycles. The summed E-state index contributed by atoms with van der Waals surface area (Å²) < 4.78 is 12.0. The van der Waals surface area contributed by atoms with Crippen molar-refractivity contribution >= 4 is 34.0 Å². The van der Waals surface area contributed by atoms with E-state index >= 15 is 0 Å². The van der Waals surface area contributed by atoms with Gasteiger partial charge in [0.2, 0.25) is 0 Å². The Balaban J connectivity index is 0.000000197. The van der Waals surface area contributed by atoms with Crippen LogP contribution in [0.15, 0.2) is 201 Å². The summed E-state index contributed by atoms with van der Waals surface area (Å²) in [6.07, 6.45) is 8.86. The largest absolute Gasteiger partial charge is 0.489 e. The van der Waals surface area contributed by atoms with Crippen molar-refractivity contribution in [1.29, 1.82) is 0 Å². The summed E-state index contributed by atoms with van der Waals surface area (Å²) in [5, 5.41) is 0. The summed E-state index contributed by atoms with van der Waals surface area (Å²) in [5.41, 5.74) is 21.9. The number of pyridine rings is 2. The van der Waals surface area contributed by atoms with E-state index in [9.17, 15) is 0 Å². The van der Waals surface area contributed by atoms with E-state index in [1.54, 1.807) is 58.8 Å². The molecule has 0 fully saturated rings. The maximum absolute atomic E-state index is 6.04. The zero-order valence-electron chi connectivity index (χ0n) is 56.0. The summed E-state index contributed by atoms with van der Waals surface area (Å²) >= 11 is 5.14. The second-order valence-electron chi connectivity index (χ2n) is 26.1. The summed E-state index contributed by atoms with van der Waals surface area (Å²) in [4.78, 5) is 24.2. The smallest absolute Gasteiger partial charge is 0.161 e. The van der Waals surface area contributed by atoms with Gasteiger partial charge in [0.25, 0.3) is 0 Å². The molecule has 0 bridgehead atoms. The topological polar surface area (TPSA) is 70.0 Å². The zero-order valence-corrected chi connectivity index (χ0v) is 65.6. The van der Waals surface area contributed by atoms with Gasteiger partial charge in [-0.05, 0) is 160 Å². The number of aromatic nitrogens is 4. The zero-order chi connectivity index (χ0) is 64.4. The van der Waals surface area contributed by atoms with Crippen molar-refractivity contribution in [3.8, 4) is 108 Å². The molecule has 0 saturated carbocycles. The molecule has 0 unspecified atom stereocenters. The Morgan fingerprint density at radius 1 is 0.394 bits per heavy atom. The van der Waals surface area contributed by atoms with Gasteiger partial charge in [0.05, 0.1) is 13.2 Å². The average Bonchev–Trinajstić information content (AvgIpc) is 1.27. The van der Waals surface area contributed by atoms with Gasteiger partial charge in [-0.2, -0.15) is 36.4 Å². The van der Waals surface area contributed by atoms with E-state index in [-0.39, 0.29) is 71.1 Å². The molecule has 12 aromatic rings. The first-order valence-corrected chi connectivity index (χ1v) is 33.7. The monoisotopic (exact) mass is 1830 g/mol. The van der Waals surface area contributed by atoms with Crippen LogP contribution < -0.4 is 9.47 Å². The van der Waals surface area contributed by atoms with Crippen LogP contribution in [-0.4, -0.2) is 33.1 Å². The molecule has 0 amide bonds. The van der Waals surface area contributed by atoms with Crippen LogP contribution in [0.1, 0.15) is 103 Å². The number of ether oxygens (including phenoxy) is 2. The number of thiophene rings is 3. The standard InChI is InChI=1S/C30H25N2S.C29H30NS.C23H26NO2S.3Ir/c1-19-5-7-21(3)26(13-19)23-15-24(27-14-20(2)6-8-22(27)4)17-25(16-23)29-9-10-30(33-29)28-18-31-11-12-32-28;1-28(2,3)21-12-10-20(11-13-21)23-15-14-22(29(4,5)6)19-24(23)26-16-17-27(31-26)25-9-7-8-18-30-25;1-16(2)14-25-20-9-8-18(13-21(20)26-15-17(3)4)22-10-11-23(27-22)19-7-5-6-12-24-19;;;/h5-9,11-18H,1-4H3;7-16,18-19H,1-6H3;5-10,12-13,16-17H,14-15H2,1-4H3;;;/q3*-1;;;. The van der Waals surface area contributed by atoms with Crippen LogP contribution in [0.5, 0.6) is 11.5 Å². The van der Waals surface area contributed by atoms with Crippen LogP contribution in [0, 0.1) is 57.7 Å². The van der Waals surface area contributed by atoms with Crippen LogP contribution in [-0.2, 0) is 71.1 Å². The summed E-state index contributed by atoms with van der Waals surface area (Å²) in [6, 6.07) is 70.7. The fraction of sp³-hybridized carbons (Fsp3) is 0.244. The molecule has 6 heterocycles. The van der Waals surface area contributed by atoms with Crippen molar-refractivity contribution in [1.82, 2.24) is 19.9 Å². The van der Waals surface area contributed by atoms with Crippen LogP contribution in [0.2, 0.25) is 0 Å². The Hall–Kier alpha value is -6.65. The molecule has 0 spiro atoms. The number of hydrogen-bond acceptors (Lipinski definition) is 9. The van der Waals surface area contributed by atoms with Crippen LogP contribution in [0.3, 0.4) is 0 Å². The molecular formula is C82H81Ir3N4O2S3-3. The van der Waals surface area contributed by atoms with E-state index in [0.717, 1.165) is 53.7 Å². The maximum Gasteiger partial charge on any atom is 0.161 e. The third-order valence-corrected chi connectivity index (χ3v) is 18.7. The molecule has 94 heavy (non-hydrogen) atoms. The number of aryl methyl sites for hydroxylation is 4. The molecule has 3 radical (unpaired) electrons. The first-order valence-electron chi connectivity index (χ1n) is 31.2. The average molecular weight is 1830 g/mol. The number of rotatable bonds is 15. The van der Waals surface area contributed by atoms with Crippen molar-refractivity contribution in [3.05, 3.63) is 252 Å². The van der Waals surface area contributed by atoms with Gasteiger partial charge in [-0.1, -0.05) is 248 Å². The first-order chi connectivity index (χ1) is 43.6. The van der Waals surface area contributed by atoms with Crippen molar-refractivity contribution in [2.45, 2.75) is 108 Å². The van der Waals surface area contributed by atoms with Gasteiger partial charge >= 0.3 is 0 Å². The summed E-state index contributed by atoms with van der Waals surface area (Å²) in [5.74, 6) is 2.53. The minimum atomic E-state index is 0. The number of hydrogen-bond donors (Lipinski definition) is 0. The SMILES string of the molecule is CC(C)(C)c1ccc(-c2ccc(C(C)(C)C)cc2-c2c[c-]c(-c3ccccn3)s2)cc1.CC(C)COc1ccc(-c2c[c-]c(-c3ccccn3)s2)cc1OCC(C)C.Cc1ccc(C)c(-c2cc(-c3c[c-]c(-c4cnccn4)s3)cc(-c3cc(C)ccc3C)c2)c1.[Ir].[Ir].[Ir]. The Morgan fingerprint density at radius 3 is 1.36 bits per heavy atom. The Morgan fingerprint density at radius 2 is 0.862 bits per heavy atom. The Labute approximate surface area is 611 Å². The molecular weight excluding hydrogens is 1750 g/mol. The molecule has 6 aromatic carbocycles. The first kappa shape index (κ1) is 74.7. The van der Waals surface area contributed by atoms with Crippen LogP contribution in [0.25, 0.3) is 96.4 Å². The fourth-order valence-corrected chi connectivity index (χ4v) is 13.1. The fourth-order valence-electron chi connectivity index (χ4n) is 10.3. The van der Waals surface area contributed by atoms with Gasteiger partial charge in [-0.25, -0.2) is 34.0 Å². The minimum Gasteiger partial charge on any atom is -0.489 e. The molecule has 489 valence electrons. The molecule has 0 atom stereocenters. The van der Waals surface area contributed by atoms with Gasteiger partial charge in [0, 0.05) is 85.1 Å². The third kappa shape index (κ3) is 19.5. The number of nitrogens with zero attached hydrogens (tertiary/aromatic N) is 4. The quantitative estimate of drug-likeness (QED) is 0.0953. The molecule has 0 aliphatic rings. The van der Waals surface area contributed by atoms with Crippen molar-refractivity contribution in [2.24, 2.45) is 11.8 Å². The maximum atomic E-state index is 6.04. The van der Waals surface area contributed by atoms with Crippen molar-refractivity contribution < 1.29 is 69.8 Å². The van der Waals surface area contributed by atoms with Gasteiger partial charge in [-0.3, -0.25) is 4.98 Å². The minimum absolute atomic E-state index is 0. The van der Waals surface area contributed by atoms with Crippen molar-refractivity contribution in [2.75, 3.05) is 13.2 Å². The Bertz CT molecular complexity index is 4310. The second kappa shape index (κ2) is 33.8. The molecule has 0 saturated heterocycles. The van der Waals surface area contributed by atoms with Crippen LogP contribution >= 0.6 is 34.0 Å². The molecule has 6 aromatic heterocycles. The normalized spacial score (nSPS) is 11.1. The van der Waals surface area contributed by atoms with E-state index in [2.05, 4.69) is 256 Å². The van der Waals surface area contributed by atoms with E-state index in [1.807, 2.05) is 54.7 Å². The van der Waals surface area contributed by atoms with E-state index < -0.39 is 0 Å². The number of benzene rings is 6. The predicted octanol–water partition coefficient (Wildman–Crippen LogP) is 23.1. The molecule has 6 nitrogen and oxygen atoms in total. The Kier molecular flexibility index (Phi) is 26.9. The van der Waals surface area contributed by atoms with Crippen LogP contribution in [0.4, 0.5) is 0 Å². The third-order valence-electron chi connectivity index (χ3n) is 15.4. The van der Waals surface area contributed by atoms with E-state index in [4.69, 9.17) is 9.47 Å². The molecule has 12 rings (SSSR count). The molecule has 0 N–H and O–H groups in total.